The van der Waals surface area contributed by atoms with Crippen LogP contribution in [0.4, 0.5) is 10.5 Å². The first kappa shape index (κ1) is 19.9. The minimum atomic E-state index is -0.560. The Morgan fingerprint density at radius 1 is 1.10 bits per heavy atom. The Morgan fingerprint density at radius 2 is 1.90 bits per heavy atom. The van der Waals surface area contributed by atoms with Crippen LogP contribution < -0.4 is 24.9 Å². The van der Waals surface area contributed by atoms with Crippen LogP contribution in [0.3, 0.4) is 0 Å². The maximum Gasteiger partial charge on any atom is 0.346 e. The summed E-state index contributed by atoms with van der Waals surface area (Å²) in [6.07, 6.45) is 1.50. The highest BCUT2D eigenvalue weighted by atomic mass is 16.5. The van der Waals surface area contributed by atoms with Gasteiger partial charge in [-0.2, -0.15) is 10.1 Å². The summed E-state index contributed by atoms with van der Waals surface area (Å²) in [5.74, 6) is 1.57. The lowest BCUT2D eigenvalue weighted by Gasteiger charge is -2.12. The Hall–Kier alpha value is -3.81. The fraction of sp³-hybridized carbons (Fsp3) is 0.190. The zero-order valence-corrected chi connectivity index (χ0v) is 16.5. The summed E-state index contributed by atoms with van der Waals surface area (Å²) in [6.45, 7) is 2.33. The van der Waals surface area contributed by atoms with E-state index < -0.39 is 6.03 Å². The zero-order valence-electron chi connectivity index (χ0n) is 16.5. The number of ether oxygens (including phenoxy) is 3. The molecule has 3 rings (SSSR count). The fourth-order valence-electron chi connectivity index (χ4n) is 2.64. The standard InChI is InChI=1S/C21H22N4O4/c1-4-29-20-12-15(14-22-25(20)16-8-6-5-7-9-16)23-21(26)24-18-11-10-17(27-2)13-19(18)28-3/h5-14H,4H2,1-3H3,(H,24,26)/b23-15+. The Kier molecular flexibility index (Phi) is 6.47. The van der Waals surface area contributed by atoms with Gasteiger partial charge in [-0.05, 0) is 31.2 Å². The fourth-order valence-corrected chi connectivity index (χ4v) is 2.64. The van der Waals surface area contributed by atoms with Gasteiger partial charge in [0.25, 0.3) is 0 Å². The summed E-state index contributed by atoms with van der Waals surface area (Å²) in [5, 5.41) is 7.42. The third-order valence-corrected chi connectivity index (χ3v) is 3.96. The Bertz CT molecular complexity index is 1050. The largest absolute Gasteiger partial charge is 0.497 e. The van der Waals surface area contributed by atoms with Crippen LogP contribution in [0.25, 0.3) is 5.69 Å². The average Bonchev–Trinajstić information content (AvgIpc) is 2.75. The quantitative estimate of drug-likeness (QED) is 0.692. The number of para-hydroxylation sites is 1. The number of aromatic nitrogens is 2. The van der Waals surface area contributed by atoms with E-state index >= 15 is 0 Å². The smallest absolute Gasteiger partial charge is 0.346 e. The second-order valence-electron chi connectivity index (χ2n) is 5.84. The number of carbonyl (C=O) groups excluding carboxylic acids is 1. The third kappa shape index (κ3) is 4.92. The molecule has 8 heteroatoms. The number of rotatable bonds is 6. The van der Waals surface area contributed by atoms with Gasteiger partial charge >= 0.3 is 6.03 Å². The van der Waals surface area contributed by atoms with Gasteiger partial charge in [0.15, 0.2) is 0 Å². The normalized spacial score (nSPS) is 11.1. The van der Waals surface area contributed by atoms with E-state index in [2.05, 4.69) is 15.4 Å². The van der Waals surface area contributed by atoms with E-state index in [9.17, 15) is 4.79 Å². The molecule has 0 aliphatic heterocycles. The number of carbonyl (C=O) groups is 1. The lowest BCUT2D eigenvalue weighted by Crippen LogP contribution is -2.17. The van der Waals surface area contributed by atoms with Crippen LogP contribution in [0, 0.1) is 0 Å². The van der Waals surface area contributed by atoms with Crippen molar-refractivity contribution in [2.75, 3.05) is 26.1 Å². The number of urea groups is 1. The number of nitrogens with zero attached hydrogens (tertiary/aromatic N) is 3. The molecular weight excluding hydrogens is 372 g/mol. The van der Waals surface area contributed by atoms with Crippen molar-refractivity contribution in [2.24, 2.45) is 4.99 Å². The van der Waals surface area contributed by atoms with Crippen LogP contribution in [-0.4, -0.2) is 36.6 Å². The van der Waals surface area contributed by atoms with Crippen LogP contribution in [0.1, 0.15) is 6.92 Å². The van der Waals surface area contributed by atoms with Gasteiger partial charge in [-0.3, -0.25) is 0 Å². The van der Waals surface area contributed by atoms with Gasteiger partial charge < -0.3 is 19.5 Å². The highest BCUT2D eigenvalue weighted by molar-refractivity contribution is 5.91. The van der Waals surface area contributed by atoms with Crippen molar-refractivity contribution < 1.29 is 19.0 Å². The molecule has 8 nitrogen and oxygen atoms in total. The van der Waals surface area contributed by atoms with Crippen molar-refractivity contribution in [3.05, 3.63) is 66.2 Å². The first-order chi connectivity index (χ1) is 14.1. The monoisotopic (exact) mass is 394 g/mol. The minimum absolute atomic E-state index is 0.366. The second-order valence-corrected chi connectivity index (χ2v) is 5.84. The van der Waals surface area contributed by atoms with E-state index in [1.54, 1.807) is 36.1 Å². The van der Waals surface area contributed by atoms with Gasteiger partial charge in [-0.15, -0.1) is 0 Å². The molecule has 0 bridgehead atoms. The predicted molar refractivity (Wildman–Crippen MR) is 109 cm³/mol. The number of hydrogen-bond donors (Lipinski definition) is 1. The van der Waals surface area contributed by atoms with Crippen molar-refractivity contribution >= 4 is 11.7 Å². The predicted octanol–water partition coefficient (Wildman–Crippen LogP) is 3.42. The van der Waals surface area contributed by atoms with Crippen molar-refractivity contribution in [1.82, 2.24) is 9.78 Å². The number of hydrogen-bond acceptors (Lipinski definition) is 5. The molecule has 0 fully saturated rings. The summed E-state index contributed by atoms with van der Waals surface area (Å²) in [5.41, 5.74) is 1.32. The molecule has 0 atom stereocenters. The Morgan fingerprint density at radius 3 is 2.59 bits per heavy atom. The summed E-state index contributed by atoms with van der Waals surface area (Å²) in [4.78, 5) is 16.4. The van der Waals surface area contributed by atoms with E-state index in [4.69, 9.17) is 14.2 Å². The van der Waals surface area contributed by atoms with E-state index in [0.717, 1.165) is 5.69 Å². The molecule has 0 spiro atoms. The lowest BCUT2D eigenvalue weighted by atomic mass is 10.2. The molecule has 0 unspecified atom stereocenters. The van der Waals surface area contributed by atoms with Crippen molar-refractivity contribution in [3.8, 4) is 23.1 Å². The number of benzene rings is 2. The van der Waals surface area contributed by atoms with Gasteiger partial charge in [-0.25, -0.2) is 9.48 Å². The molecule has 2 aromatic carbocycles. The van der Waals surface area contributed by atoms with Crippen molar-refractivity contribution in [2.45, 2.75) is 6.92 Å². The zero-order chi connectivity index (χ0) is 20.6. The third-order valence-electron chi connectivity index (χ3n) is 3.96. The van der Waals surface area contributed by atoms with Gasteiger partial charge in [0.05, 0.1) is 43.8 Å². The molecule has 0 saturated heterocycles. The first-order valence-corrected chi connectivity index (χ1v) is 9.00. The average molecular weight is 394 g/mol. The molecule has 2 amide bonds. The van der Waals surface area contributed by atoms with E-state index in [-0.39, 0.29) is 0 Å². The minimum Gasteiger partial charge on any atom is -0.497 e. The van der Waals surface area contributed by atoms with Gasteiger partial charge in [0, 0.05) is 12.1 Å². The number of nitrogens with one attached hydrogen (secondary N) is 1. The Labute approximate surface area is 168 Å². The van der Waals surface area contributed by atoms with Crippen LogP contribution in [0.15, 0.2) is 65.8 Å². The van der Waals surface area contributed by atoms with Gasteiger partial charge in [0.1, 0.15) is 11.5 Å². The molecule has 29 heavy (non-hydrogen) atoms. The van der Waals surface area contributed by atoms with Crippen LogP contribution in [0.2, 0.25) is 0 Å². The van der Waals surface area contributed by atoms with E-state index in [1.807, 2.05) is 37.3 Å². The molecular formula is C21H22N4O4. The van der Waals surface area contributed by atoms with E-state index in [1.165, 1.54) is 13.3 Å². The molecule has 0 aliphatic carbocycles. The molecule has 0 aliphatic rings. The highest BCUT2D eigenvalue weighted by Gasteiger charge is 2.09. The maximum atomic E-state index is 12.4. The number of anilines is 1. The van der Waals surface area contributed by atoms with Gasteiger partial charge in [-0.1, -0.05) is 18.2 Å². The summed E-state index contributed by atoms with van der Waals surface area (Å²) in [7, 11) is 3.07. The van der Waals surface area contributed by atoms with E-state index in [0.29, 0.717) is 35.0 Å². The Balaban J connectivity index is 1.88. The van der Waals surface area contributed by atoms with Gasteiger partial charge in [0.2, 0.25) is 5.88 Å². The lowest BCUT2D eigenvalue weighted by molar-refractivity contribution is 0.258. The molecule has 0 radical (unpaired) electrons. The summed E-state index contributed by atoms with van der Waals surface area (Å²) < 4.78 is 17.8. The van der Waals surface area contributed by atoms with Crippen LogP contribution in [-0.2, 0) is 0 Å². The SMILES string of the molecule is CCOc1c/c(=N\C(=O)Nc2ccc(OC)cc2OC)cnn1-c1ccccc1. The summed E-state index contributed by atoms with van der Waals surface area (Å²) >= 11 is 0. The molecule has 3 aromatic rings. The number of methoxy groups -OCH3 is 2. The molecule has 150 valence electrons. The topological polar surface area (TPSA) is 87.0 Å². The van der Waals surface area contributed by atoms with Crippen LogP contribution in [0.5, 0.6) is 17.4 Å². The van der Waals surface area contributed by atoms with Crippen LogP contribution >= 0.6 is 0 Å². The summed E-state index contributed by atoms with van der Waals surface area (Å²) in [6, 6.07) is 15.7. The number of amides is 2. The maximum absolute atomic E-state index is 12.4. The highest BCUT2D eigenvalue weighted by Crippen LogP contribution is 2.29. The second kappa shape index (κ2) is 9.41. The van der Waals surface area contributed by atoms with Crippen molar-refractivity contribution in [3.63, 3.8) is 0 Å². The first-order valence-electron chi connectivity index (χ1n) is 9.00. The molecule has 1 N–H and O–H groups in total. The molecule has 1 aromatic heterocycles. The molecule has 1 heterocycles. The molecule has 0 saturated carbocycles. The van der Waals surface area contributed by atoms with Crippen molar-refractivity contribution in [1.29, 1.82) is 0 Å².